The molecule has 0 aromatic heterocycles. The van der Waals surface area contributed by atoms with Gasteiger partial charge in [-0.2, -0.15) is 0 Å². The number of carbonyl (C=O) groups is 3. The highest BCUT2D eigenvalue weighted by Gasteiger charge is 2.76. The van der Waals surface area contributed by atoms with Crippen molar-refractivity contribution in [2.75, 3.05) is 23.8 Å². The van der Waals surface area contributed by atoms with E-state index < -0.39 is 28.7 Å². The fourth-order valence-electron chi connectivity index (χ4n) is 7.07. The zero-order valence-electron chi connectivity index (χ0n) is 24.7. The molecule has 2 bridgehead atoms. The number of nitrogens with one attached hydrogen (secondary N) is 2. The Bertz CT molecular complexity index is 1340. The lowest BCUT2D eigenvalue weighted by atomic mass is 9.70. The summed E-state index contributed by atoms with van der Waals surface area (Å²) in [5.41, 5.74) is 3.22. The van der Waals surface area contributed by atoms with E-state index in [1.807, 2.05) is 52.8 Å². The number of halogens is 1. The predicted molar refractivity (Wildman–Crippen MR) is 170 cm³/mol. The van der Waals surface area contributed by atoms with Crippen molar-refractivity contribution in [3.8, 4) is 5.75 Å². The van der Waals surface area contributed by atoms with Crippen molar-refractivity contribution < 1.29 is 24.2 Å². The number of fused-ring (bicyclic) bond motifs is 1. The molecule has 3 fully saturated rings. The molecule has 5 rings (SSSR count). The number of carbonyl (C=O) groups excluding carboxylic acids is 3. The van der Waals surface area contributed by atoms with Gasteiger partial charge >= 0.3 is 0 Å². The van der Waals surface area contributed by atoms with Crippen LogP contribution in [0.25, 0.3) is 0 Å². The topological polar surface area (TPSA) is 108 Å². The Labute approximate surface area is 260 Å². The van der Waals surface area contributed by atoms with Crippen molar-refractivity contribution in [2.24, 2.45) is 17.8 Å². The number of alkyl halides is 1. The molecule has 3 heterocycles. The summed E-state index contributed by atoms with van der Waals surface area (Å²) < 4.78 is 4.72. The van der Waals surface area contributed by atoms with Crippen molar-refractivity contribution in [3.63, 3.8) is 0 Å². The maximum Gasteiger partial charge on any atom is 0.248 e. The number of rotatable bonds is 10. The summed E-state index contributed by atoms with van der Waals surface area (Å²) in [6, 6.07) is 11.7. The molecule has 8 nitrogen and oxygen atoms in total. The lowest BCUT2D eigenvalue weighted by molar-refractivity contribution is -0.142. The smallest absolute Gasteiger partial charge is 0.248 e. The summed E-state index contributed by atoms with van der Waals surface area (Å²) in [6.07, 6.45) is 1.31. The van der Waals surface area contributed by atoms with Gasteiger partial charge in [0.15, 0.2) is 0 Å². The summed E-state index contributed by atoms with van der Waals surface area (Å²) in [5.74, 6) is -1.38. The van der Waals surface area contributed by atoms with Gasteiger partial charge in [0.1, 0.15) is 11.8 Å². The van der Waals surface area contributed by atoms with Crippen molar-refractivity contribution in [2.45, 2.75) is 74.4 Å². The van der Waals surface area contributed by atoms with Crippen LogP contribution in [-0.4, -0.2) is 67.8 Å². The number of aliphatic hydroxyl groups is 1. The molecule has 2 aromatic carbocycles. The average molecular weight is 659 g/mol. The van der Waals surface area contributed by atoms with E-state index in [9.17, 15) is 19.5 Å². The van der Waals surface area contributed by atoms with E-state index in [2.05, 4.69) is 26.6 Å². The zero-order chi connectivity index (χ0) is 30.3. The molecule has 3 aliphatic rings. The number of anilines is 2. The molecule has 3 unspecified atom stereocenters. The van der Waals surface area contributed by atoms with Crippen LogP contribution >= 0.6 is 27.7 Å². The van der Waals surface area contributed by atoms with Crippen LogP contribution < -0.4 is 15.4 Å². The second-order valence-corrected chi connectivity index (χ2v) is 14.5. The van der Waals surface area contributed by atoms with Gasteiger partial charge in [0, 0.05) is 21.5 Å². The van der Waals surface area contributed by atoms with E-state index in [1.165, 1.54) is 0 Å². The van der Waals surface area contributed by atoms with Gasteiger partial charge < -0.3 is 25.4 Å². The lowest BCUT2D eigenvalue weighted by Gasteiger charge is -2.39. The number of hydrogen-bond acceptors (Lipinski definition) is 6. The van der Waals surface area contributed by atoms with E-state index >= 15 is 0 Å². The molecule has 226 valence electrons. The molecule has 42 heavy (non-hydrogen) atoms. The number of benzene rings is 2. The van der Waals surface area contributed by atoms with Crippen LogP contribution in [0.1, 0.15) is 44.7 Å². The number of ether oxygens (including phenoxy) is 1. The Morgan fingerprint density at radius 2 is 1.79 bits per heavy atom. The summed E-state index contributed by atoms with van der Waals surface area (Å²) in [7, 11) is 0. The van der Waals surface area contributed by atoms with Gasteiger partial charge in [0.05, 0.1) is 35.8 Å². The molecule has 3 aliphatic heterocycles. The normalized spacial score (nSPS) is 29.3. The third-order valence-electron chi connectivity index (χ3n) is 9.29. The number of nitrogens with zero attached hydrogens (tertiary/aromatic N) is 1. The van der Waals surface area contributed by atoms with Gasteiger partial charge in [-0.1, -0.05) is 54.4 Å². The minimum absolute atomic E-state index is 0.0391. The Hall–Kier alpha value is -2.56. The first-order chi connectivity index (χ1) is 20.1. The Morgan fingerprint density at radius 1 is 1.12 bits per heavy atom. The van der Waals surface area contributed by atoms with Crippen LogP contribution in [0.3, 0.4) is 0 Å². The molecule has 2 aromatic rings. The molecule has 10 heteroatoms. The fourth-order valence-corrected chi connectivity index (χ4v) is 10.7. The Balaban J connectivity index is 1.53. The fraction of sp³-hybridized carbons (Fsp3) is 0.531. The number of para-hydroxylation sites is 1. The highest BCUT2D eigenvalue weighted by Crippen LogP contribution is 2.68. The van der Waals surface area contributed by atoms with Gasteiger partial charge in [0.2, 0.25) is 17.7 Å². The third-order valence-corrected chi connectivity index (χ3v) is 12.5. The van der Waals surface area contributed by atoms with Gasteiger partial charge in [-0.05, 0) is 68.5 Å². The minimum atomic E-state index is -0.835. The van der Waals surface area contributed by atoms with Crippen LogP contribution in [0.4, 0.5) is 11.4 Å². The minimum Gasteiger partial charge on any atom is -0.494 e. The molecular weight excluding hydrogens is 618 g/mol. The van der Waals surface area contributed by atoms with Crippen molar-refractivity contribution in [1.82, 2.24) is 4.90 Å². The van der Waals surface area contributed by atoms with Gasteiger partial charge in [-0.15, -0.1) is 11.8 Å². The maximum atomic E-state index is 14.5. The highest BCUT2D eigenvalue weighted by molar-refractivity contribution is 9.09. The predicted octanol–water partition coefficient (Wildman–Crippen LogP) is 5.15. The average Bonchev–Trinajstić information content (AvgIpc) is 3.56. The van der Waals surface area contributed by atoms with Crippen molar-refractivity contribution in [1.29, 1.82) is 0 Å². The SMILES string of the molecule is CCOc1ccc(NC(=O)[C@H]2[C@@H]3SC4(CC3Br)C(C(=O)Nc3c(C)cccc3C)N([C@@H](CO)[C@@H](C)CC)C(=O)[C@H]24)cc1. The second kappa shape index (κ2) is 12.2. The monoisotopic (exact) mass is 657 g/mol. The van der Waals surface area contributed by atoms with Crippen LogP contribution in [-0.2, 0) is 14.4 Å². The first-order valence-electron chi connectivity index (χ1n) is 14.7. The van der Waals surface area contributed by atoms with E-state index in [4.69, 9.17) is 4.74 Å². The molecule has 3 saturated heterocycles. The molecule has 3 N–H and O–H groups in total. The first kappa shape index (κ1) is 30.9. The summed E-state index contributed by atoms with van der Waals surface area (Å²) in [5, 5.41) is 16.6. The standard InChI is InChI=1S/C32H40BrN3O5S/c1-6-17(3)23(16-37)36-28(30(39)35-26-18(4)9-8-10-19(26)5)32-15-22(33)27(42-32)24(25(32)31(36)40)29(38)34-20-11-13-21(14-12-20)41-7-2/h8-14,17,22-25,27-28,37H,6-7,15-16H2,1-5H3,(H,34,38)(H,35,39)/t17-,22?,23-,24+,25-,27+,28?,32?/m0/s1. The van der Waals surface area contributed by atoms with Gasteiger partial charge in [0.25, 0.3) is 0 Å². The molecule has 0 radical (unpaired) electrons. The highest BCUT2D eigenvalue weighted by atomic mass is 79.9. The van der Waals surface area contributed by atoms with Crippen molar-refractivity contribution >= 4 is 56.8 Å². The molecule has 3 amide bonds. The summed E-state index contributed by atoms with van der Waals surface area (Å²) in [6.45, 7) is 10.1. The summed E-state index contributed by atoms with van der Waals surface area (Å²) in [4.78, 5) is 44.4. The van der Waals surface area contributed by atoms with Crippen LogP contribution in [0.2, 0.25) is 0 Å². The molecule has 1 spiro atoms. The molecular formula is C32H40BrN3O5S. The van der Waals surface area contributed by atoms with Crippen LogP contribution in [0.15, 0.2) is 42.5 Å². The largest absolute Gasteiger partial charge is 0.494 e. The van der Waals surface area contributed by atoms with E-state index in [0.29, 0.717) is 24.5 Å². The Kier molecular flexibility index (Phi) is 8.98. The number of thioether (sulfide) groups is 1. The molecule has 8 atom stereocenters. The van der Waals surface area contributed by atoms with Crippen LogP contribution in [0.5, 0.6) is 5.75 Å². The maximum absolute atomic E-state index is 14.5. The van der Waals surface area contributed by atoms with E-state index in [0.717, 1.165) is 23.2 Å². The van der Waals surface area contributed by atoms with Crippen molar-refractivity contribution in [3.05, 3.63) is 53.6 Å². The number of amides is 3. The van der Waals surface area contributed by atoms with Crippen LogP contribution in [0, 0.1) is 31.6 Å². The van der Waals surface area contributed by atoms with E-state index in [1.54, 1.807) is 40.9 Å². The first-order valence-corrected chi connectivity index (χ1v) is 16.5. The number of hydrogen-bond donors (Lipinski definition) is 3. The number of likely N-dealkylation sites (tertiary alicyclic amines) is 1. The third kappa shape index (κ3) is 5.13. The number of aliphatic hydroxyl groups excluding tert-OH is 1. The molecule has 0 aliphatic carbocycles. The summed E-state index contributed by atoms with van der Waals surface area (Å²) >= 11 is 5.41. The molecule has 0 saturated carbocycles. The van der Waals surface area contributed by atoms with Gasteiger partial charge in [-0.3, -0.25) is 14.4 Å². The number of aryl methyl sites for hydroxylation is 2. The second-order valence-electron chi connectivity index (χ2n) is 11.7. The lowest BCUT2D eigenvalue weighted by Crippen LogP contribution is -2.56. The zero-order valence-corrected chi connectivity index (χ0v) is 27.1. The Morgan fingerprint density at radius 3 is 2.38 bits per heavy atom. The quantitative estimate of drug-likeness (QED) is 0.305. The van der Waals surface area contributed by atoms with E-state index in [-0.39, 0.29) is 40.3 Å². The van der Waals surface area contributed by atoms with Gasteiger partial charge in [-0.25, -0.2) is 0 Å².